The molecule has 2 aliphatic rings. The summed E-state index contributed by atoms with van der Waals surface area (Å²) in [6, 6.07) is 1.74. The monoisotopic (exact) mass is 303 g/mol. The highest BCUT2D eigenvalue weighted by atomic mass is 16.7. The molecule has 2 N–H and O–H groups in total. The molecule has 3 rings (SSSR count). The van der Waals surface area contributed by atoms with E-state index in [9.17, 15) is 9.59 Å². The number of fused-ring (bicyclic) bond motifs is 1. The Morgan fingerprint density at radius 2 is 2.23 bits per heavy atom. The molecular weight excluding hydrogens is 282 g/mol. The molecule has 0 radical (unpaired) electrons. The molecule has 0 unspecified atom stereocenters. The topological polar surface area (TPSA) is 83.5 Å². The maximum atomic E-state index is 12.3. The van der Waals surface area contributed by atoms with Crippen LogP contribution in [0.15, 0.2) is 16.0 Å². The molecule has 0 fully saturated rings. The minimum atomic E-state index is -0.527. The van der Waals surface area contributed by atoms with E-state index in [2.05, 4.69) is 15.5 Å². The molecule has 1 aromatic rings. The Hall–Kier alpha value is -2.11. The standard InChI is InChI=1S/C16H21N3O3/c1-10-8-16(2,22-19-10)9-17-14(20)12-7-11-5-3-4-6-13(11)18-15(12)21/h7H,3-6,8-9H2,1-2H3,(H,17,20)(H,18,21)/t16-/m0/s1. The summed E-state index contributed by atoms with van der Waals surface area (Å²) in [6.07, 6.45) is 4.66. The quantitative estimate of drug-likeness (QED) is 0.888. The van der Waals surface area contributed by atoms with Crippen molar-refractivity contribution in [3.05, 3.63) is 33.2 Å². The lowest BCUT2D eigenvalue weighted by Gasteiger charge is -2.22. The van der Waals surface area contributed by atoms with Gasteiger partial charge in [-0.1, -0.05) is 5.16 Å². The third-order valence-electron chi connectivity index (χ3n) is 4.26. The van der Waals surface area contributed by atoms with Crippen LogP contribution in [-0.4, -0.2) is 28.7 Å². The minimum Gasteiger partial charge on any atom is -0.387 e. The van der Waals surface area contributed by atoms with Gasteiger partial charge in [-0.3, -0.25) is 9.59 Å². The molecule has 0 aromatic carbocycles. The third kappa shape index (κ3) is 2.91. The van der Waals surface area contributed by atoms with Gasteiger partial charge in [0, 0.05) is 12.1 Å². The zero-order valence-electron chi connectivity index (χ0n) is 13.0. The first kappa shape index (κ1) is 14.8. The van der Waals surface area contributed by atoms with Crippen LogP contribution in [0.2, 0.25) is 0 Å². The molecule has 1 aliphatic carbocycles. The van der Waals surface area contributed by atoms with Crippen LogP contribution in [0.25, 0.3) is 0 Å². The summed E-state index contributed by atoms with van der Waals surface area (Å²) in [7, 11) is 0. The van der Waals surface area contributed by atoms with Crippen molar-refractivity contribution < 1.29 is 9.63 Å². The fourth-order valence-electron chi connectivity index (χ4n) is 3.09. The predicted octanol–water partition coefficient (Wildman–Crippen LogP) is 1.54. The average Bonchev–Trinajstić information content (AvgIpc) is 2.84. The van der Waals surface area contributed by atoms with E-state index in [0.717, 1.165) is 42.7 Å². The van der Waals surface area contributed by atoms with Crippen molar-refractivity contribution in [3.63, 3.8) is 0 Å². The number of aromatic amines is 1. The highest BCUT2D eigenvalue weighted by Crippen LogP contribution is 2.22. The number of aromatic nitrogens is 1. The van der Waals surface area contributed by atoms with E-state index in [-0.39, 0.29) is 17.0 Å². The largest absolute Gasteiger partial charge is 0.387 e. The molecule has 1 amide bonds. The lowest BCUT2D eigenvalue weighted by molar-refractivity contribution is -0.00183. The van der Waals surface area contributed by atoms with Gasteiger partial charge < -0.3 is 15.1 Å². The van der Waals surface area contributed by atoms with Crippen molar-refractivity contribution in [2.75, 3.05) is 6.54 Å². The number of amides is 1. The minimum absolute atomic E-state index is 0.180. The van der Waals surface area contributed by atoms with Gasteiger partial charge in [0.1, 0.15) is 5.56 Å². The van der Waals surface area contributed by atoms with Crippen molar-refractivity contribution in [2.45, 2.75) is 51.6 Å². The van der Waals surface area contributed by atoms with Crippen molar-refractivity contribution in [2.24, 2.45) is 5.16 Å². The van der Waals surface area contributed by atoms with Crippen LogP contribution in [0, 0.1) is 0 Å². The van der Waals surface area contributed by atoms with E-state index >= 15 is 0 Å². The summed E-state index contributed by atoms with van der Waals surface area (Å²) >= 11 is 0. The number of oxime groups is 1. The molecule has 22 heavy (non-hydrogen) atoms. The van der Waals surface area contributed by atoms with Crippen LogP contribution >= 0.6 is 0 Å². The fraction of sp³-hybridized carbons (Fsp3) is 0.562. The highest BCUT2D eigenvalue weighted by Gasteiger charge is 2.33. The molecule has 0 saturated heterocycles. The van der Waals surface area contributed by atoms with Gasteiger partial charge in [0.15, 0.2) is 5.60 Å². The zero-order valence-corrected chi connectivity index (χ0v) is 13.0. The highest BCUT2D eigenvalue weighted by molar-refractivity contribution is 5.94. The van der Waals surface area contributed by atoms with E-state index in [1.165, 1.54) is 0 Å². The second kappa shape index (κ2) is 5.59. The van der Waals surface area contributed by atoms with Crippen molar-refractivity contribution in [1.82, 2.24) is 10.3 Å². The molecule has 0 saturated carbocycles. The molecule has 1 aliphatic heterocycles. The van der Waals surface area contributed by atoms with Gasteiger partial charge in [-0.15, -0.1) is 0 Å². The van der Waals surface area contributed by atoms with Crippen LogP contribution in [0.4, 0.5) is 0 Å². The van der Waals surface area contributed by atoms with Crippen molar-refractivity contribution >= 4 is 11.6 Å². The van der Waals surface area contributed by atoms with E-state index in [1.54, 1.807) is 6.07 Å². The first-order chi connectivity index (χ1) is 10.5. The van der Waals surface area contributed by atoms with Gasteiger partial charge in [0.05, 0.1) is 12.3 Å². The molecule has 118 valence electrons. The second-order valence-corrected chi connectivity index (χ2v) is 6.45. The number of pyridine rings is 1. The Kier molecular flexibility index (Phi) is 3.76. The Morgan fingerprint density at radius 3 is 2.95 bits per heavy atom. The lowest BCUT2D eigenvalue weighted by Crippen LogP contribution is -2.42. The van der Waals surface area contributed by atoms with E-state index in [4.69, 9.17) is 4.84 Å². The summed E-state index contributed by atoms with van der Waals surface area (Å²) in [4.78, 5) is 32.6. The smallest absolute Gasteiger partial charge is 0.261 e. The van der Waals surface area contributed by atoms with Crippen LogP contribution < -0.4 is 10.9 Å². The van der Waals surface area contributed by atoms with Gasteiger partial charge in [-0.2, -0.15) is 0 Å². The number of nitrogens with zero attached hydrogens (tertiary/aromatic N) is 1. The van der Waals surface area contributed by atoms with Gasteiger partial charge in [0.25, 0.3) is 11.5 Å². The first-order valence-electron chi connectivity index (χ1n) is 7.72. The number of H-pyrrole nitrogens is 1. The maximum absolute atomic E-state index is 12.3. The number of hydrogen-bond acceptors (Lipinski definition) is 4. The van der Waals surface area contributed by atoms with E-state index < -0.39 is 5.60 Å². The molecular formula is C16H21N3O3. The van der Waals surface area contributed by atoms with Crippen LogP contribution in [0.3, 0.4) is 0 Å². The molecule has 6 heteroatoms. The van der Waals surface area contributed by atoms with Crippen molar-refractivity contribution in [1.29, 1.82) is 0 Å². The van der Waals surface area contributed by atoms with Gasteiger partial charge in [0.2, 0.25) is 0 Å². The maximum Gasteiger partial charge on any atom is 0.261 e. The normalized spacial score (nSPS) is 23.5. The SMILES string of the molecule is CC1=NO[C@](C)(CNC(=O)c2cc3c([nH]c2=O)CCCC3)C1. The number of aryl methyl sites for hydroxylation is 2. The summed E-state index contributed by atoms with van der Waals surface area (Å²) < 4.78 is 0. The van der Waals surface area contributed by atoms with Crippen LogP contribution in [0.1, 0.15) is 54.7 Å². The fourth-order valence-corrected chi connectivity index (χ4v) is 3.09. The Labute approximate surface area is 128 Å². The zero-order chi connectivity index (χ0) is 15.7. The number of carbonyl (C=O) groups excluding carboxylic acids is 1. The number of nitrogens with one attached hydrogen (secondary N) is 2. The first-order valence-corrected chi connectivity index (χ1v) is 7.72. The van der Waals surface area contributed by atoms with Gasteiger partial charge in [-0.25, -0.2) is 0 Å². The lowest BCUT2D eigenvalue weighted by atomic mass is 9.95. The van der Waals surface area contributed by atoms with Crippen LogP contribution in [0.5, 0.6) is 0 Å². The van der Waals surface area contributed by atoms with Crippen LogP contribution in [-0.2, 0) is 17.7 Å². The Balaban J connectivity index is 1.71. The van der Waals surface area contributed by atoms with Gasteiger partial charge in [-0.05, 0) is 51.2 Å². The van der Waals surface area contributed by atoms with Gasteiger partial charge >= 0.3 is 0 Å². The van der Waals surface area contributed by atoms with E-state index in [1.807, 2.05) is 13.8 Å². The number of carbonyl (C=O) groups is 1. The second-order valence-electron chi connectivity index (χ2n) is 6.45. The Morgan fingerprint density at radius 1 is 1.45 bits per heavy atom. The molecule has 1 aromatic heterocycles. The molecule has 6 nitrogen and oxygen atoms in total. The summed E-state index contributed by atoms with van der Waals surface area (Å²) in [6.45, 7) is 4.11. The molecule has 1 atom stereocenters. The summed E-state index contributed by atoms with van der Waals surface area (Å²) in [5.74, 6) is -0.357. The van der Waals surface area contributed by atoms with E-state index in [0.29, 0.717) is 13.0 Å². The average molecular weight is 303 g/mol. The number of hydrogen-bond donors (Lipinski definition) is 2. The molecule has 0 bridgehead atoms. The molecule has 2 heterocycles. The Bertz CT molecular complexity index is 692. The third-order valence-corrected chi connectivity index (χ3v) is 4.26. The van der Waals surface area contributed by atoms with Crippen molar-refractivity contribution in [3.8, 4) is 0 Å². The summed E-state index contributed by atoms with van der Waals surface area (Å²) in [5.41, 5.74) is 2.30. The summed E-state index contributed by atoms with van der Waals surface area (Å²) in [5, 5.41) is 6.70. The number of rotatable bonds is 3. The predicted molar refractivity (Wildman–Crippen MR) is 83.3 cm³/mol. The molecule has 0 spiro atoms.